The molecule has 5 nitrogen and oxygen atoms in total. The zero-order chi connectivity index (χ0) is 16.1. The summed E-state index contributed by atoms with van der Waals surface area (Å²) in [6, 6.07) is 11.3. The Morgan fingerprint density at radius 1 is 1.14 bits per heavy atom. The predicted octanol–water partition coefficient (Wildman–Crippen LogP) is 3.48. The first-order chi connectivity index (χ1) is 10.5. The second kappa shape index (κ2) is 7.15. The van der Waals surface area contributed by atoms with Crippen LogP contribution in [0.3, 0.4) is 0 Å². The molecule has 0 saturated heterocycles. The summed E-state index contributed by atoms with van der Waals surface area (Å²) >= 11 is 11.8. The second-order valence-corrected chi connectivity index (χ2v) is 5.02. The summed E-state index contributed by atoms with van der Waals surface area (Å²) in [7, 11) is 1.48. The van der Waals surface area contributed by atoms with Gasteiger partial charge in [0.15, 0.2) is 5.84 Å². The Hall–Kier alpha value is -2.24. The van der Waals surface area contributed by atoms with Gasteiger partial charge in [0.2, 0.25) is 0 Å². The van der Waals surface area contributed by atoms with Gasteiger partial charge in [0.05, 0.1) is 23.3 Å². The first-order valence-corrected chi connectivity index (χ1v) is 6.91. The summed E-state index contributed by atoms with van der Waals surface area (Å²) in [6.07, 6.45) is 0. The van der Waals surface area contributed by atoms with Gasteiger partial charge in [-0.05, 0) is 30.3 Å². The maximum absolute atomic E-state index is 11.9. The molecule has 2 rings (SSSR count). The molecule has 0 aliphatic rings. The number of hydrogen-bond acceptors (Lipinski definition) is 4. The average molecular weight is 339 g/mol. The van der Waals surface area contributed by atoms with E-state index in [1.54, 1.807) is 36.4 Å². The number of rotatable bonds is 4. The van der Waals surface area contributed by atoms with E-state index in [4.69, 9.17) is 38.5 Å². The van der Waals surface area contributed by atoms with Gasteiger partial charge in [-0.15, -0.1) is 0 Å². The zero-order valence-corrected chi connectivity index (χ0v) is 13.1. The van der Waals surface area contributed by atoms with Crippen molar-refractivity contribution in [3.63, 3.8) is 0 Å². The Kier molecular flexibility index (Phi) is 5.25. The Morgan fingerprint density at radius 3 is 2.55 bits per heavy atom. The topological polar surface area (TPSA) is 73.9 Å². The van der Waals surface area contributed by atoms with Crippen LogP contribution in [0, 0.1) is 0 Å². The Labute approximate surface area is 137 Å². The molecule has 0 spiro atoms. The molecule has 114 valence electrons. The summed E-state index contributed by atoms with van der Waals surface area (Å²) in [5.74, 6) is -0.297. The maximum Gasteiger partial charge on any atom is 0.367 e. The number of nitrogens with two attached hydrogens (primary N) is 1. The molecule has 0 aliphatic carbocycles. The summed E-state index contributed by atoms with van der Waals surface area (Å²) in [5.41, 5.74) is 6.42. The lowest BCUT2D eigenvalue weighted by Gasteiger charge is -2.08. The molecule has 0 aliphatic heterocycles. The number of halogens is 2. The first-order valence-electron chi connectivity index (χ1n) is 6.16. The maximum atomic E-state index is 11.9. The third-order valence-corrected chi connectivity index (χ3v) is 3.32. The molecule has 7 heteroatoms. The van der Waals surface area contributed by atoms with Crippen LogP contribution in [-0.2, 0) is 4.84 Å². The third-order valence-electron chi connectivity index (χ3n) is 2.76. The van der Waals surface area contributed by atoms with Crippen molar-refractivity contribution in [2.75, 3.05) is 7.11 Å². The van der Waals surface area contributed by atoms with Gasteiger partial charge in [-0.3, -0.25) is 0 Å². The van der Waals surface area contributed by atoms with Crippen molar-refractivity contribution >= 4 is 35.0 Å². The minimum Gasteiger partial charge on any atom is -0.496 e. The van der Waals surface area contributed by atoms with Crippen molar-refractivity contribution in [3.05, 3.63) is 63.6 Å². The quantitative estimate of drug-likeness (QED) is 0.401. The van der Waals surface area contributed by atoms with E-state index < -0.39 is 5.97 Å². The number of ether oxygens (including phenoxy) is 1. The average Bonchev–Trinajstić information content (AvgIpc) is 2.52. The van der Waals surface area contributed by atoms with Crippen LogP contribution >= 0.6 is 23.2 Å². The molecule has 0 heterocycles. The lowest BCUT2D eigenvalue weighted by molar-refractivity contribution is 0.0516. The highest BCUT2D eigenvalue weighted by molar-refractivity contribution is 6.33. The summed E-state index contributed by atoms with van der Waals surface area (Å²) in [6.45, 7) is 0. The van der Waals surface area contributed by atoms with E-state index in [1.807, 2.05) is 0 Å². The molecular formula is C15H12Cl2N2O3. The minimum atomic E-state index is -0.713. The number of carbonyl (C=O) groups is 1. The van der Waals surface area contributed by atoms with Gasteiger partial charge in [-0.2, -0.15) is 0 Å². The number of oxime groups is 1. The molecular weight excluding hydrogens is 327 g/mol. The van der Waals surface area contributed by atoms with Gasteiger partial charge >= 0.3 is 5.97 Å². The summed E-state index contributed by atoms with van der Waals surface area (Å²) in [4.78, 5) is 16.7. The largest absolute Gasteiger partial charge is 0.496 e. The number of carbonyl (C=O) groups excluding carboxylic acids is 1. The summed E-state index contributed by atoms with van der Waals surface area (Å²) in [5, 5.41) is 4.32. The van der Waals surface area contributed by atoms with Gasteiger partial charge in [-0.25, -0.2) is 4.79 Å². The van der Waals surface area contributed by atoms with Gasteiger partial charge in [0.25, 0.3) is 0 Å². The fraction of sp³-hybridized carbons (Fsp3) is 0.0667. The highest BCUT2D eigenvalue weighted by atomic mass is 35.5. The molecule has 22 heavy (non-hydrogen) atoms. The molecule has 0 aromatic heterocycles. The predicted molar refractivity (Wildman–Crippen MR) is 85.6 cm³/mol. The molecule has 2 aromatic carbocycles. The van der Waals surface area contributed by atoms with Crippen molar-refractivity contribution in [2.24, 2.45) is 10.9 Å². The monoisotopic (exact) mass is 338 g/mol. The first kappa shape index (κ1) is 16.1. The van der Waals surface area contributed by atoms with Gasteiger partial charge < -0.3 is 15.3 Å². The van der Waals surface area contributed by atoms with Crippen molar-refractivity contribution in [1.82, 2.24) is 0 Å². The van der Waals surface area contributed by atoms with E-state index in [1.165, 1.54) is 13.2 Å². The molecule has 2 aromatic rings. The number of methoxy groups -OCH3 is 1. The Bertz CT molecular complexity index is 732. The van der Waals surface area contributed by atoms with Gasteiger partial charge in [0.1, 0.15) is 5.75 Å². The van der Waals surface area contributed by atoms with E-state index in [0.29, 0.717) is 16.3 Å². The SMILES string of the molecule is COc1ccc(Cl)cc1/C(N)=N/OC(=O)c1ccccc1Cl. The van der Waals surface area contributed by atoms with Crippen molar-refractivity contribution in [1.29, 1.82) is 0 Å². The van der Waals surface area contributed by atoms with E-state index in [0.717, 1.165) is 0 Å². The van der Waals surface area contributed by atoms with Crippen molar-refractivity contribution in [2.45, 2.75) is 0 Å². The number of amidine groups is 1. The number of nitrogens with zero attached hydrogens (tertiary/aromatic N) is 1. The number of benzene rings is 2. The Morgan fingerprint density at radius 2 is 1.86 bits per heavy atom. The molecule has 0 bridgehead atoms. The fourth-order valence-corrected chi connectivity index (χ4v) is 2.08. The minimum absolute atomic E-state index is 0.0419. The van der Waals surface area contributed by atoms with Crippen LogP contribution in [0.15, 0.2) is 47.6 Å². The highest BCUT2D eigenvalue weighted by Gasteiger charge is 2.13. The second-order valence-electron chi connectivity index (χ2n) is 4.18. The molecule has 0 fully saturated rings. The van der Waals surface area contributed by atoms with Crippen molar-refractivity contribution in [3.8, 4) is 5.75 Å². The fourth-order valence-electron chi connectivity index (χ4n) is 1.70. The molecule has 0 radical (unpaired) electrons. The third kappa shape index (κ3) is 3.69. The molecule has 0 unspecified atom stereocenters. The molecule has 2 N–H and O–H groups in total. The standard InChI is InChI=1S/C15H12Cl2N2O3/c1-21-13-7-6-9(16)8-11(13)14(18)19-22-15(20)10-4-2-3-5-12(10)17/h2-8H,1H3,(H2,18,19). The molecule has 0 saturated carbocycles. The van der Waals surface area contributed by atoms with Crippen LogP contribution in [0.25, 0.3) is 0 Å². The van der Waals surface area contributed by atoms with Crippen molar-refractivity contribution < 1.29 is 14.4 Å². The van der Waals surface area contributed by atoms with Crippen LogP contribution in [0.5, 0.6) is 5.75 Å². The molecule has 0 atom stereocenters. The van der Waals surface area contributed by atoms with Crippen LogP contribution in [0.1, 0.15) is 15.9 Å². The van der Waals surface area contributed by atoms with Gasteiger partial charge in [0, 0.05) is 5.02 Å². The van der Waals surface area contributed by atoms with E-state index in [9.17, 15) is 4.79 Å². The lowest BCUT2D eigenvalue weighted by atomic mass is 10.2. The van der Waals surface area contributed by atoms with E-state index >= 15 is 0 Å². The molecule has 0 amide bonds. The van der Waals surface area contributed by atoms with Crippen LogP contribution in [-0.4, -0.2) is 18.9 Å². The normalized spacial score (nSPS) is 11.1. The van der Waals surface area contributed by atoms with Crippen LogP contribution in [0.2, 0.25) is 10.0 Å². The van der Waals surface area contributed by atoms with E-state index in [-0.39, 0.29) is 16.4 Å². The zero-order valence-electron chi connectivity index (χ0n) is 11.5. The Balaban J connectivity index is 2.22. The number of hydrogen-bond donors (Lipinski definition) is 1. The smallest absolute Gasteiger partial charge is 0.367 e. The summed E-state index contributed by atoms with van der Waals surface area (Å²) < 4.78 is 5.15. The van der Waals surface area contributed by atoms with Crippen LogP contribution < -0.4 is 10.5 Å². The lowest BCUT2D eigenvalue weighted by Crippen LogP contribution is -2.16. The van der Waals surface area contributed by atoms with Gasteiger partial charge in [-0.1, -0.05) is 40.5 Å². The van der Waals surface area contributed by atoms with Crippen LogP contribution in [0.4, 0.5) is 0 Å². The highest BCUT2D eigenvalue weighted by Crippen LogP contribution is 2.22. The van der Waals surface area contributed by atoms with E-state index in [2.05, 4.69) is 5.16 Å².